The molecule has 0 spiro atoms. The standard InChI is InChI=1S/C20H32N6O.HI/c1-2-21-20(24-11-10-23-19(27)17-6-7-17)25-15-16-8-9-22-18(14-16)26-12-4-3-5-13-26;/h8-9,14,17H,2-7,10-13,15H2,1H3,(H,23,27)(H2,21,24,25);1H. The Labute approximate surface area is 185 Å². The Hall–Kier alpha value is -1.58. The lowest BCUT2D eigenvalue weighted by Crippen LogP contribution is -2.41. The number of hydrogen-bond donors (Lipinski definition) is 3. The van der Waals surface area contributed by atoms with Crippen LogP contribution in [0, 0.1) is 5.92 Å². The number of guanidine groups is 1. The van der Waals surface area contributed by atoms with Crippen LogP contribution in [0.15, 0.2) is 23.3 Å². The molecular formula is C20H33IN6O. The van der Waals surface area contributed by atoms with Crippen LogP contribution in [0.5, 0.6) is 0 Å². The van der Waals surface area contributed by atoms with E-state index in [2.05, 4.69) is 36.9 Å². The third-order valence-corrected chi connectivity index (χ3v) is 4.92. The molecule has 1 amide bonds. The van der Waals surface area contributed by atoms with Gasteiger partial charge in [-0.25, -0.2) is 9.98 Å². The van der Waals surface area contributed by atoms with Gasteiger partial charge < -0.3 is 20.9 Å². The summed E-state index contributed by atoms with van der Waals surface area (Å²) in [5.41, 5.74) is 1.16. The fourth-order valence-corrected chi connectivity index (χ4v) is 3.22. The van der Waals surface area contributed by atoms with Crippen molar-refractivity contribution in [2.24, 2.45) is 10.9 Å². The van der Waals surface area contributed by atoms with Gasteiger partial charge in [0.2, 0.25) is 5.91 Å². The van der Waals surface area contributed by atoms with Crippen molar-refractivity contribution in [1.29, 1.82) is 0 Å². The average molecular weight is 500 g/mol. The van der Waals surface area contributed by atoms with Gasteiger partial charge >= 0.3 is 0 Å². The maximum Gasteiger partial charge on any atom is 0.223 e. The predicted molar refractivity (Wildman–Crippen MR) is 124 cm³/mol. The molecule has 1 saturated heterocycles. The number of piperidine rings is 1. The van der Waals surface area contributed by atoms with E-state index in [1.54, 1.807) is 0 Å². The monoisotopic (exact) mass is 500 g/mol. The second kappa shape index (κ2) is 12.1. The number of nitrogens with one attached hydrogen (secondary N) is 3. The van der Waals surface area contributed by atoms with E-state index in [0.717, 1.165) is 49.8 Å². The van der Waals surface area contributed by atoms with Crippen molar-refractivity contribution in [3.05, 3.63) is 23.9 Å². The Morgan fingerprint density at radius 3 is 2.64 bits per heavy atom. The number of anilines is 1. The second-order valence-electron chi connectivity index (χ2n) is 7.26. The van der Waals surface area contributed by atoms with Crippen molar-refractivity contribution in [1.82, 2.24) is 20.9 Å². The van der Waals surface area contributed by atoms with Crippen LogP contribution in [0.25, 0.3) is 0 Å². The number of carbonyl (C=O) groups is 1. The first-order chi connectivity index (χ1) is 13.3. The Morgan fingerprint density at radius 1 is 1.18 bits per heavy atom. The van der Waals surface area contributed by atoms with Gasteiger partial charge in [0, 0.05) is 44.8 Å². The quantitative estimate of drug-likeness (QED) is 0.221. The van der Waals surface area contributed by atoms with Gasteiger partial charge in [-0.05, 0) is 56.7 Å². The van der Waals surface area contributed by atoms with Gasteiger partial charge in [0.25, 0.3) is 0 Å². The summed E-state index contributed by atoms with van der Waals surface area (Å²) in [5, 5.41) is 9.50. The number of aliphatic imine (C=N–C) groups is 1. The molecule has 3 rings (SSSR count). The Kier molecular flexibility index (Phi) is 9.80. The fraction of sp³-hybridized carbons (Fsp3) is 0.650. The highest BCUT2D eigenvalue weighted by Gasteiger charge is 2.28. The zero-order valence-corrected chi connectivity index (χ0v) is 19.1. The van der Waals surface area contributed by atoms with E-state index >= 15 is 0 Å². The van der Waals surface area contributed by atoms with Crippen molar-refractivity contribution >= 4 is 41.7 Å². The van der Waals surface area contributed by atoms with Crippen LogP contribution in [-0.2, 0) is 11.3 Å². The smallest absolute Gasteiger partial charge is 0.223 e. The normalized spacial score (nSPS) is 16.9. The second-order valence-corrected chi connectivity index (χ2v) is 7.26. The summed E-state index contributed by atoms with van der Waals surface area (Å²) >= 11 is 0. The van der Waals surface area contributed by atoms with Crippen LogP contribution in [0.2, 0.25) is 0 Å². The van der Waals surface area contributed by atoms with E-state index in [-0.39, 0.29) is 35.8 Å². The van der Waals surface area contributed by atoms with Crippen molar-refractivity contribution in [2.75, 3.05) is 37.6 Å². The summed E-state index contributed by atoms with van der Waals surface area (Å²) in [6.45, 7) is 6.93. The first kappa shape index (κ1) is 22.7. The van der Waals surface area contributed by atoms with Crippen LogP contribution in [0.3, 0.4) is 0 Å². The minimum Gasteiger partial charge on any atom is -0.357 e. The van der Waals surface area contributed by atoms with Gasteiger partial charge in [-0.1, -0.05) is 0 Å². The van der Waals surface area contributed by atoms with Crippen LogP contribution < -0.4 is 20.9 Å². The topological polar surface area (TPSA) is 81.7 Å². The Morgan fingerprint density at radius 2 is 1.93 bits per heavy atom. The molecule has 7 nitrogen and oxygen atoms in total. The fourth-order valence-electron chi connectivity index (χ4n) is 3.22. The Bertz CT molecular complexity index is 643. The lowest BCUT2D eigenvalue weighted by Gasteiger charge is -2.27. The van der Waals surface area contributed by atoms with Crippen molar-refractivity contribution < 1.29 is 4.79 Å². The molecule has 0 bridgehead atoms. The highest BCUT2D eigenvalue weighted by atomic mass is 127. The zero-order chi connectivity index (χ0) is 18.9. The maximum absolute atomic E-state index is 11.7. The average Bonchev–Trinajstić information content (AvgIpc) is 3.55. The van der Waals surface area contributed by atoms with E-state index in [4.69, 9.17) is 0 Å². The van der Waals surface area contributed by atoms with E-state index in [9.17, 15) is 4.79 Å². The van der Waals surface area contributed by atoms with Crippen LogP contribution in [0.4, 0.5) is 5.82 Å². The summed E-state index contributed by atoms with van der Waals surface area (Å²) in [6.07, 6.45) is 7.76. The molecule has 1 aliphatic carbocycles. The van der Waals surface area contributed by atoms with E-state index < -0.39 is 0 Å². The van der Waals surface area contributed by atoms with Gasteiger partial charge in [0.1, 0.15) is 5.82 Å². The number of halogens is 1. The molecule has 0 atom stereocenters. The molecule has 0 radical (unpaired) electrons. The number of aromatic nitrogens is 1. The highest BCUT2D eigenvalue weighted by Crippen LogP contribution is 2.28. The molecule has 1 aliphatic heterocycles. The SMILES string of the molecule is CCNC(=NCc1ccnc(N2CCCCC2)c1)NCCNC(=O)C1CC1.I. The number of rotatable bonds is 8. The molecular weight excluding hydrogens is 467 g/mol. The summed E-state index contributed by atoms with van der Waals surface area (Å²) in [4.78, 5) is 23.2. The molecule has 3 N–H and O–H groups in total. The molecule has 28 heavy (non-hydrogen) atoms. The number of pyridine rings is 1. The van der Waals surface area contributed by atoms with Crippen LogP contribution >= 0.6 is 24.0 Å². The third kappa shape index (κ3) is 7.44. The van der Waals surface area contributed by atoms with Crippen LogP contribution in [0.1, 0.15) is 44.6 Å². The first-order valence-corrected chi connectivity index (χ1v) is 10.3. The van der Waals surface area contributed by atoms with Gasteiger partial charge in [0.05, 0.1) is 6.54 Å². The van der Waals surface area contributed by atoms with E-state index in [1.807, 2.05) is 19.2 Å². The summed E-state index contributed by atoms with van der Waals surface area (Å²) in [5.74, 6) is 2.27. The molecule has 8 heteroatoms. The lowest BCUT2D eigenvalue weighted by atomic mass is 10.1. The van der Waals surface area contributed by atoms with Gasteiger partial charge in [-0.15, -0.1) is 24.0 Å². The number of hydrogen-bond acceptors (Lipinski definition) is 4. The van der Waals surface area contributed by atoms with Crippen molar-refractivity contribution in [2.45, 2.75) is 45.6 Å². The molecule has 2 heterocycles. The molecule has 1 saturated carbocycles. The van der Waals surface area contributed by atoms with Crippen molar-refractivity contribution in [3.63, 3.8) is 0 Å². The molecule has 156 valence electrons. The molecule has 1 aromatic heterocycles. The molecule has 2 fully saturated rings. The molecule has 0 aromatic carbocycles. The predicted octanol–water partition coefficient (Wildman–Crippen LogP) is 2.27. The molecule has 1 aromatic rings. The summed E-state index contributed by atoms with van der Waals surface area (Å²) in [7, 11) is 0. The van der Waals surface area contributed by atoms with Crippen LogP contribution in [-0.4, -0.2) is 49.6 Å². The largest absolute Gasteiger partial charge is 0.357 e. The first-order valence-electron chi connectivity index (χ1n) is 10.3. The van der Waals surface area contributed by atoms with Crippen molar-refractivity contribution in [3.8, 4) is 0 Å². The zero-order valence-electron chi connectivity index (χ0n) is 16.7. The maximum atomic E-state index is 11.7. The third-order valence-electron chi connectivity index (χ3n) is 4.92. The summed E-state index contributed by atoms with van der Waals surface area (Å²) < 4.78 is 0. The highest BCUT2D eigenvalue weighted by molar-refractivity contribution is 14.0. The minimum atomic E-state index is 0. The van der Waals surface area contributed by atoms with E-state index in [0.29, 0.717) is 19.6 Å². The number of amides is 1. The minimum absolute atomic E-state index is 0. The molecule has 0 unspecified atom stereocenters. The van der Waals surface area contributed by atoms with Gasteiger partial charge in [-0.3, -0.25) is 4.79 Å². The van der Waals surface area contributed by atoms with Gasteiger partial charge in [-0.2, -0.15) is 0 Å². The number of carbonyl (C=O) groups excluding carboxylic acids is 1. The Balaban J connectivity index is 0.00000280. The summed E-state index contributed by atoms with van der Waals surface area (Å²) in [6, 6.07) is 4.17. The van der Waals surface area contributed by atoms with Gasteiger partial charge in [0.15, 0.2) is 5.96 Å². The lowest BCUT2D eigenvalue weighted by molar-refractivity contribution is -0.122. The molecule has 2 aliphatic rings. The van der Waals surface area contributed by atoms with E-state index in [1.165, 1.54) is 19.3 Å². The number of nitrogens with zero attached hydrogens (tertiary/aromatic N) is 3.